The zero-order chi connectivity index (χ0) is 31.2. The number of allylic oxidation sites excluding steroid dienone is 2. The molecule has 0 radical (unpaired) electrons. The molecule has 226 valence electrons. The van der Waals surface area contributed by atoms with Crippen LogP contribution >= 0.6 is 69.6 Å². The number of ether oxygens (including phenoxy) is 2. The number of rotatable bonds is 6. The molecule has 3 fully saturated rings. The minimum atomic E-state index is -2.03. The summed E-state index contributed by atoms with van der Waals surface area (Å²) >= 11 is 39.4. The molecule has 6 rings (SSSR count). The summed E-state index contributed by atoms with van der Waals surface area (Å²) < 4.78 is 9.01. The Morgan fingerprint density at radius 1 is 0.907 bits per heavy atom. The molecule has 2 aromatic rings. The van der Waals surface area contributed by atoms with Crippen molar-refractivity contribution in [2.24, 2.45) is 17.8 Å². The number of anilines is 2. The van der Waals surface area contributed by atoms with Crippen molar-refractivity contribution in [3.8, 4) is 11.5 Å². The number of hydrogen-bond donors (Lipinski definition) is 0. The van der Waals surface area contributed by atoms with Gasteiger partial charge in [0.15, 0.2) is 4.33 Å². The average Bonchev–Trinajstić information content (AvgIpc) is 3.55. The fraction of sp³-hybridized carbons (Fsp3) is 0.379. The van der Waals surface area contributed by atoms with Crippen molar-refractivity contribution in [2.75, 3.05) is 23.0 Å². The Morgan fingerprint density at radius 3 is 2.00 bits per heavy atom. The third-order valence-corrected chi connectivity index (χ3v) is 12.7. The molecule has 2 aromatic carbocycles. The Balaban J connectivity index is 1.18. The van der Waals surface area contributed by atoms with E-state index in [1.807, 2.05) is 6.92 Å². The highest BCUT2D eigenvalue weighted by Crippen LogP contribution is 2.77. The van der Waals surface area contributed by atoms with E-state index in [0.29, 0.717) is 23.6 Å². The molecular weight excluding hydrogens is 685 g/mol. The average molecular weight is 707 g/mol. The van der Waals surface area contributed by atoms with Crippen LogP contribution in [0, 0.1) is 24.7 Å². The van der Waals surface area contributed by atoms with Gasteiger partial charge in [0.1, 0.15) is 21.2 Å². The summed E-state index contributed by atoms with van der Waals surface area (Å²) in [6, 6.07) is 11.5. The van der Waals surface area contributed by atoms with E-state index in [2.05, 4.69) is 0 Å². The number of imide groups is 1. The van der Waals surface area contributed by atoms with Crippen LogP contribution in [0.25, 0.3) is 0 Å². The highest BCUT2D eigenvalue weighted by atomic mass is 35.5. The summed E-state index contributed by atoms with van der Waals surface area (Å²) in [7, 11) is 0. The molecule has 3 amide bonds. The van der Waals surface area contributed by atoms with Crippen LogP contribution in [0.15, 0.2) is 52.5 Å². The molecule has 0 spiro atoms. The number of fused-ring (bicyclic) bond motifs is 5. The van der Waals surface area contributed by atoms with Crippen LogP contribution in [0.4, 0.5) is 11.4 Å². The second-order valence-electron chi connectivity index (χ2n) is 10.8. The van der Waals surface area contributed by atoms with Crippen LogP contribution in [-0.4, -0.2) is 50.9 Å². The largest absolute Gasteiger partial charge is 0.494 e. The van der Waals surface area contributed by atoms with E-state index in [1.54, 1.807) is 31.2 Å². The highest BCUT2D eigenvalue weighted by Gasteiger charge is 2.87. The minimum absolute atomic E-state index is 0.00912. The minimum Gasteiger partial charge on any atom is -0.494 e. The summed E-state index contributed by atoms with van der Waals surface area (Å²) in [4.78, 5) is 51.7. The van der Waals surface area contributed by atoms with Crippen molar-refractivity contribution in [2.45, 2.75) is 34.3 Å². The number of benzene rings is 2. The van der Waals surface area contributed by atoms with Gasteiger partial charge in [0.05, 0.1) is 40.1 Å². The van der Waals surface area contributed by atoms with E-state index in [1.165, 1.54) is 23.1 Å². The van der Waals surface area contributed by atoms with Crippen LogP contribution in [-0.2, 0) is 19.2 Å². The topological polar surface area (TPSA) is 93.2 Å². The number of hydrogen-bond acceptors (Lipinski definition) is 6. The summed E-state index contributed by atoms with van der Waals surface area (Å²) in [6.07, 6.45) is -0.00912. The van der Waals surface area contributed by atoms with Crippen molar-refractivity contribution in [1.82, 2.24) is 0 Å². The second-order valence-corrected chi connectivity index (χ2v) is 14.1. The first kappa shape index (κ1) is 30.8. The van der Waals surface area contributed by atoms with Crippen molar-refractivity contribution in [3.05, 3.63) is 58.1 Å². The Morgan fingerprint density at radius 2 is 1.47 bits per heavy atom. The van der Waals surface area contributed by atoms with E-state index in [-0.39, 0.29) is 40.4 Å². The van der Waals surface area contributed by atoms with Gasteiger partial charge >= 0.3 is 5.97 Å². The maximum Gasteiger partial charge on any atom is 0.316 e. The molecule has 8 nitrogen and oxygen atoms in total. The van der Waals surface area contributed by atoms with E-state index in [9.17, 15) is 19.2 Å². The van der Waals surface area contributed by atoms with Gasteiger partial charge in [-0.15, -0.1) is 23.2 Å². The fourth-order valence-corrected chi connectivity index (χ4v) is 9.31. The molecule has 0 unspecified atom stereocenters. The zero-order valence-electron chi connectivity index (χ0n) is 22.5. The molecule has 2 heterocycles. The van der Waals surface area contributed by atoms with E-state index in [4.69, 9.17) is 79.1 Å². The lowest BCUT2D eigenvalue weighted by Gasteiger charge is -2.34. The molecule has 0 aromatic heterocycles. The normalized spacial score (nSPS) is 30.9. The molecule has 2 saturated heterocycles. The Bertz CT molecular complexity index is 1580. The van der Waals surface area contributed by atoms with Crippen LogP contribution in [0.2, 0.25) is 0 Å². The fourth-order valence-electron chi connectivity index (χ4n) is 6.38. The van der Waals surface area contributed by atoms with Crippen molar-refractivity contribution < 1.29 is 28.7 Å². The number of amides is 3. The van der Waals surface area contributed by atoms with Gasteiger partial charge in [-0.25, -0.2) is 4.90 Å². The molecule has 2 bridgehead atoms. The quantitative estimate of drug-likeness (QED) is 0.152. The number of alkyl halides is 4. The van der Waals surface area contributed by atoms with Gasteiger partial charge in [0.2, 0.25) is 17.7 Å². The lowest BCUT2D eigenvalue weighted by molar-refractivity contribution is -0.139. The zero-order valence-corrected chi connectivity index (χ0v) is 27.0. The van der Waals surface area contributed by atoms with E-state index >= 15 is 0 Å². The van der Waals surface area contributed by atoms with Gasteiger partial charge in [0, 0.05) is 18.7 Å². The lowest BCUT2D eigenvalue weighted by Crippen LogP contribution is -2.50. The standard InChI is InChI=1S/C29H22Cl6N2O6/c1-3-42-16-6-4-15(5-7-16)36-12-14(11-19(36)38)26(41)43-17-8-9-18(13(2)10-17)37-24(39)20-21(25(37)40)28(33)23(31)22(30)27(20,32)29(28,34)35/h4-10,14,20-21H,3,11-12H2,1-2H3/t14-,20-,21+,27-,28-/m1/s1. The first-order chi connectivity index (χ1) is 20.2. The monoisotopic (exact) mass is 704 g/mol. The number of aryl methyl sites for hydroxylation is 1. The SMILES string of the molecule is CCOc1ccc(N2C[C@H](C(=O)Oc3ccc(N4C(=O)[C@@H]5[C@H](C4=O)[C@@]4(Cl)C(Cl)=C(Cl)[C@@]5(Cl)C4(Cl)Cl)c(C)c3)CC2=O)cc1. The van der Waals surface area contributed by atoms with Gasteiger partial charge in [-0.2, -0.15) is 0 Å². The second kappa shape index (κ2) is 10.4. The predicted molar refractivity (Wildman–Crippen MR) is 165 cm³/mol. The maximum absolute atomic E-state index is 13.7. The van der Waals surface area contributed by atoms with Crippen LogP contribution in [0.1, 0.15) is 18.9 Å². The summed E-state index contributed by atoms with van der Waals surface area (Å²) in [5.41, 5.74) is 1.32. The molecular formula is C29H22Cl6N2O6. The van der Waals surface area contributed by atoms with E-state index in [0.717, 1.165) is 4.90 Å². The molecule has 1 saturated carbocycles. The summed E-state index contributed by atoms with van der Waals surface area (Å²) in [5.74, 6) is -4.53. The third kappa shape index (κ3) is 4.10. The Hall–Kier alpha value is -2.20. The molecule has 43 heavy (non-hydrogen) atoms. The van der Waals surface area contributed by atoms with Crippen molar-refractivity contribution in [1.29, 1.82) is 0 Å². The Kier molecular flexibility index (Phi) is 7.47. The van der Waals surface area contributed by atoms with Gasteiger partial charge in [-0.3, -0.25) is 19.2 Å². The van der Waals surface area contributed by atoms with Crippen LogP contribution < -0.4 is 19.3 Å². The van der Waals surface area contributed by atoms with Crippen molar-refractivity contribution >= 4 is 105 Å². The number of nitrogens with zero attached hydrogens (tertiary/aromatic N) is 2. The summed E-state index contributed by atoms with van der Waals surface area (Å²) in [6.45, 7) is 4.20. The third-order valence-electron chi connectivity index (χ3n) is 8.45. The molecule has 2 aliphatic heterocycles. The summed E-state index contributed by atoms with van der Waals surface area (Å²) in [5, 5.41) is -0.351. The smallest absolute Gasteiger partial charge is 0.316 e. The van der Waals surface area contributed by atoms with Gasteiger partial charge in [0.25, 0.3) is 0 Å². The first-order valence-corrected chi connectivity index (χ1v) is 15.5. The lowest BCUT2D eigenvalue weighted by atomic mass is 9.84. The number of carbonyl (C=O) groups is 4. The van der Waals surface area contributed by atoms with Crippen molar-refractivity contribution in [3.63, 3.8) is 0 Å². The highest BCUT2D eigenvalue weighted by molar-refractivity contribution is 6.67. The number of halogens is 6. The number of esters is 1. The Labute approximate surface area is 276 Å². The van der Waals surface area contributed by atoms with Gasteiger partial charge in [-0.1, -0.05) is 46.4 Å². The first-order valence-electron chi connectivity index (χ1n) is 13.2. The molecule has 5 atom stereocenters. The molecule has 4 aliphatic rings. The maximum atomic E-state index is 13.7. The van der Waals surface area contributed by atoms with E-state index < -0.39 is 49.6 Å². The van der Waals surface area contributed by atoms with Gasteiger partial charge < -0.3 is 14.4 Å². The van der Waals surface area contributed by atoms with Crippen LogP contribution in [0.3, 0.4) is 0 Å². The predicted octanol–water partition coefficient (Wildman–Crippen LogP) is 6.30. The molecule has 14 heteroatoms. The molecule has 0 N–H and O–H groups in total. The molecule has 2 aliphatic carbocycles. The number of carbonyl (C=O) groups excluding carboxylic acids is 4. The van der Waals surface area contributed by atoms with Crippen LogP contribution in [0.5, 0.6) is 11.5 Å². The van der Waals surface area contributed by atoms with Gasteiger partial charge in [-0.05, 0) is 61.9 Å².